The number of hydrogen-bond acceptors (Lipinski definition) is 3. The van der Waals surface area contributed by atoms with E-state index in [1.807, 2.05) is 22.9 Å². The molecule has 0 bridgehead atoms. The molecule has 0 saturated heterocycles. The first-order chi connectivity index (χ1) is 8.24. The lowest BCUT2D eigenvalue weighted by Gasteiger charge is -2.08. The van der Waals surface area contributed by atoms with E-state index < -0.39 is 6.61 Å². The van der Waals surface area contributed by atoms with E-state index in [-0.39, 0.29) is 5.75 Å². The Morgan fingerprint density at radius 3 is 2.88 bits per heavy atom. The average Bonchev–Trinajstić information content (AvgIpc) is 2.79. The summed E-state index contributed by atoms with van der Waals surface area (Å²) in [7, 11) is 0. The van der Waals surface area contributed by atoms with Crippen LogP contribution in [0, 0.1) is 0 Å². The number of ether oxygens (including phenoxy) is 1. The second kappa shape index (κ2) is 5.63. The van der Waals surface area contributed by atoms with Crippen molar-refractivity contribution in [1.82, 2.24) is 0 Å². The Morgan fingerprint density at radius 2 is 2.18 bits per heavy atom. The first kappa shape index (κ1) is 11.9. The van der Waals surface area contributed by atoms with Crippen molar-refractivity contribution in [3.8, 4) is 5.75 Å². The van der Waals surface area contributed by atoms with Gasteiger partial charge in [-0.1, -0.05) is 6.07 Å². The topological polar surface area (TPSA) is 21.3 Å². The van der Waals surface area contributed by atoms with Gasteiger partial charge in [-0.3, -0.25) is 0 Å². The van der Waals surface area contributed by atoms with E-state index >= 15 is 0 Å². The molecule has 0 atom stereocenters. The molecule has 1 aromatic carbocycles. The largest absolute Gasteiger partial charge is 0.435 e. The molecule has 0 aliphatic carbocycles. The van der Waals surface area contributed by atoms with Crippen LogP contribution in [-0.4, -0.2) is 6.61 Å². The predicted octanol–water partition coefficient (Wildman–Crippen LogP) is 3.96. The lowest BCUT2D eigenvalue weighted by molar-refractivity contribution is -0.0498. The van der Waals surface area contributed by atoms with Crippen LogP contribution < -0.4 is 10.1 Å². The van der Waals surface area contributed by atoms with Gasteiger partial charge in [0.25, 0.3) is 0 Å². The maximum Gasteiger partial charge on any atom is 0.387 e. The molecule has 0 aliphatic rings. The van der Waals surface area contributed by atoms with E-state index in [0.717, 1.165) is 11.3 Å². The van der Waals surface area contributed by atoms with Crippen molar-refractivity contribution >= 4 is 17.0 Å². The molecule has 0 unspecified atom stereocenters. The summed E-state index contributed by atoms with van der Waals surface area (Å²) in [5, 5.41) is 7.17. The highest BCUT2D eigenvalue weighted by Crippen LogP contribution is 2.20. The van der Waals surface area contributed by atoms with Gasteiger partial charge in [-0.15, -0.1) is 0 Å². The number of thiophene rings is 1. The van der Waals surface area contributed by atoms with Crippen LogP contribution in [0.25, 0.3) is 0 Å². The third kappa shape index (κ3) is 3.71. The first-order valence-corrected chi connectivity index (χ1v) is 5.98. The lowest BCUT2D eigenvalue weighted by Crippen LogP contribution is -2.03. The zero-order valence-corrected chi connectivity index (χ0v) is 9.71. The van der Waals surface area contributed by atoms with Gasteiger partial charge in [-0.25, -0.2) is 0 Å². The van der Waals surface area contributed by atoms with Gasteiger partial charge in [0.05, 0.1) is 0 Å². The van der Waals surface area contributed by atoms with Gasteiger partial charge in [0.2, 0.25) is 0 Å². The number of anilines is 1. The number of rotatable bonds is 5. The SMILES string of the molecule is FC(F)Oc1cccc(NCc2ccsc2)c1. The Hall–Kier alpha value is -1.62. The van der Waals surface area contributed by atoms with Crippen LogP contribution >= 0.6 is 11.3 Å². The van der Waals surface area contributed by atoms with Gasteiger partial charge in [0.15, 0.2) is 0 Å². The monoisotopic (exact) mass is 255 g/mol. The van der Waals surface area contributed by atoms with Gasteiger partial charge < -0.3 is 10.1 Å². The summed E-state index contributed by atoms with van der Waals surface area (Å²) in [4.78, 5) is 0. The molecule has 1 aromatic heterocycles. The molecule has 0 aliphatic heterocycles. The van der Waals surface area contributed by atoms with Crippen LogP contribution in [0.1, 0.15) is 5.56 Å². The zero-order valence-electron chi connectivity index (χ0n) is 8.90. The van der Waals surface area contributed by atoms with Crippen LogP contribution in [-0.2, 0) is 6.54 Å². The summed E-state index contributed by atoms with van der Waals surface area (Å²) in [6.45, 7) is -2.12. The van der Waals surface area contributed by atoms with Gasteiger partial charge >= 0.3 is 6.61 Å². The van der Waals surface area contributed by atoms with Gasteiger partial charge in [-0.2, -0.15) is 20.1 Å². The first-order valence-electron chi connectivity index (χ1n) is 5.04. The van der Waals surface area contributed by atoms with Crippen molar-refractivity contribution in [1.29, 1.82) is 0 Å². The molecule has 0 saturated carbocycles. The van der Waals surface area contributed by atoms with E-state index in [0.29, 0.717) is 6.54 Å². The highest BCUT2D eigenvalue weighted by Gasteiger charge is 2.04. The molecule has 0 radical (unpaired) electrons. The Kier molecular flexibility index (Phi) is 3.93. The van der Waals surface area contributed by atoms with Crippen molar-refractivity contribution in [2.45, 2.75) is 13.2 Å². The minimum Gasteiger partial charge on any atom is -0.435 e. The van der Waals surface area contributed by atoms with Crippen LogP contribution in [0.3, 0.4) is 0 Å². The normalized spacial score (nSPS) is 10.5. The molecule has 1 N–H and O–H groups in total. The highest BCUT2D eigenvalue weighted by molar-refractivity contribution is 7.07. The molecular formula is C12H11F2NOS. The van der Waals surface area contributed by atoms with Crippen molar-refractivity contribution in [3.63, 3.8) is 0 Å². The second-order valence-electron chi connectivity index (χ2n) is 3.39. The molecule has 5 heteroatoms. The van der Waals surface area contributed by atoms with E-state index in [9.17, 15) is 8.78 Å². The second-order valence-corrected chi connectivity index (χ2v) is 4.17. The molecule has 2 rings (SSSR count). The van der Waals surface area contributed by atoms with Gasteiger partial charge in [0.1, 0.15) is 5.75 Å². The molecule has 90 valence electrons. The van der Waals surface area contributed by atoms with Crippen LogP contribution in [0.2, 0.25) is 0 Å². The number of benzene rings is 1. The molecule has 2 nitrogen and oxygen atoms in total. The Morgan fingerprint density at radius 1 is 1.29 bits per heavy atom. The third-order valence-corrected chi connectivity index (χ3v) is 2.87. The zero-order chi connectivity index (χ0) is 12.1. The number of halogens is 2. The van der Waals surface area contributed by atoms with E-state index in [4.69, 9.17) is 0 Å². The van der Waals surface area contributed by atoms with Crippen molar-refractivity contribution in [3.05, 3.63) is 46.7 Å². The van der Waals surface area contributed by atoms with Crippen molar-refractivity contribution in [2.24, 2.45) is 0 Å². The van der Waals surface area contributed by atoms with Gasteiger partial charge in [-0.05, 0) is 34.5 Å². The predicted molar refractivity (Wildman–Crippen MR) is 64.7 cm³/mol. The van der Waals surface area contributed by atoms with Crippen LogP contribution in [0.4, 0.5) is 14.5 Å². The summed E-state index contributed by atoms with van der Waals surface area (Å²) in [5.74, 6) is 0.162. The van der Waals surface area contributed by atoms with Crippen LogP contribution in [0.15, 0.2) is 41.1 Å². The van der Waals surface area contributed by atoms with E-state index in [1.54, 1.807) is 23.5 Å². The number of nitrogens with one attached hydrogen (secondary N) is 1. The fourth-order valence-corrected chi connectivity index (χ4v) is 2.05. The molecule has 1 heterocycles. The maximum atomic E-state index is 12.0. The van der Waals surface area contributed by atoms with E-state index in [1.165, 1.54) is 6.07 Å². The van der Waals surface area contributed by atoms with Crippen molar-refractivity contribution in [2.75, 3.05) is 5.32 Å². The van der Waals surface area contributed by atoms with Crippen LogP contribution in [0.5, 0.6) is 5.75 Å². The summed E-state index contributed by atoms with van der Waals surface area (Å²) in [6, 6.07) is 8.55. The average molecular weight is 255 g/mol. The van der Waals surface area contributed by atoms with Crippen molar-refractivity contribution < 1.29 is 13.5 Å². The summed E-state index contributed by atoms with van der Waals surface area (Å²) in [5.41, 5.74) is 1.92. The number of hydrogen-bond donors (Lipinski definition) is 1. The smallest absolute Gasteiger partial charge is 0.387 e. The quantitative estimate of drug-likeness (QED) is 0.873. The fourth-order valence-electron chi connectivity index (χ4n) is 1.38. The molecule has 17 heavy (non-hydrogen) atoms. The third-order valence-electron chi connectivity index (χ3n) is 2.14. The summed E-state index contributed by atoms with van der Waals surface area (Å²) < 4.78 is 28.4. The Bertz CT molecular complexity index is 459. The minimum atomic E-state index is -2.79. The standard InChI is InChI=1S/C12H11F2NOS/c13-12(14)16-11-3-1-2-10(6-11)15-7-9-4-5-17-8-9/h1-6,8,12,15H,7H2. The molecule has 0 spiro atoms. The fraction of sp³-hybridized carbons (Fsp3) is 0.167. The Labute approximate surface area is 102 Å². The van der Waals surface area contributed by atoms with E-state index in [2.05, 4.69) is 10.1 Å². The number of alkyl halides is 2. The lowest BCUT2D eigenvalue weighted by atomic mass is 10.3. The van der Waals surface area contributed by atoms with Gasteiger partial charge in [0, 0.05) is 18.3 Å². The molecule has 0 amide bonds. The maximum absolute atomic E-state index is 12.0. The minimum absolute atomic E-state index is 0.162. The summed E-state index contributed by atoms with van der Waals surface area (Å²) >= 11 is 1.62. The Balaban J connectivity index is 1.96. The molecular weight excluding hydrogens is 244 g/mol. The highest BCUT2D eigenvalue weighted by atomic mass is 32.1. The summed E-state index contributed by atoms with van der Waals surface area (Å²) in [6.07, 6.45) is 0. The molecule has 0 fully saturated rings. The molecule has 2 aromatic rings.